The molecule has 1 aliphatic rings. The standard InChI is InChI=1S/C13H22N4/c1-9(2)10-3-4-12-11(7-10)8-16-13(17-12)15-6-5-14/h8-10H,3-7,14H2,1-2H3,(H,15,16,17). The van der Waals surface area contributed by atoms with Crippen LogP contribution in [-0.2, 0) is 12.8 Å². The molecule has 0 aliphatic heterocycles. The van der Waals surface area contributed by atoms with E-state index in [1.54, 1.807) is 0 Å². The van der Waals surface area contributed by atoms with Gasteiger partial charge in [0, 0.05) is 25.0 Å². The Labute approximate surface area is 103 Å². The Morgan fingerprint density at radius 3 is 3.06 bits per heavy atom. The van der Waals surface area contributed by atoms with E-state index in [1.165, 1.54) is 17.7 Å². The van der Waals surface area contributed by atoms with Crippen LogP contribution in [0.1, 0.15) is 31.5 Å². The maximum absolute atomic E-state index is 5.45. The number of nitrogens with two attached hydrogens (primary N) is 1. The summed E-state index contributed by atoms with van der Waals surface area (Å²) in [5.74, 6) is 2.25. The zero-order chi connectivity index (χ0) is 12.3. The molecule has 3 N–H and O–H groups in total. The Kier molecular flexibility index (Phi) is 3.94. The van der Waals surface area contributed by atoms with Crippen molar-refractivity contribution in [3.8, 4) is 0 Å². The number of nitrogens with zero attached hydrogens (tertiary/aromatic N) is 2. The van der Waals surface area contributed by atoms with Crippen molar-refractivity contribution in [1.82, 2.24) is 9.97 Å². The Bertz CT molecular complexity index is 376. The van der Waals surface area contributed by atoms with Gasteiger partial charge in [0.25, 0.3) is 0 Å². The molecular weight excluding hydrogens is 212 g/mol. The molecule has 0 amide bonds. The first-order valence-corrected chi connectivity index (χ1v) is 6.49. The van der Waals surface area contributed by atoms with Gasteiger partial charge in [0.2, 0.25) is 5.95 Å². The number of rotatable bonds is 4. The molecule has 0 fully saturated rings. The van der Waals surface area contributed by atoms with Crippen LogP contribution in [0, 0.1) is 11.8 Å². The molecule has 1 aliphatic carbocycles. The van der Waals surface area contributed by atoms with Gasteiger partial charge in [-0.3, -0.25) is 0 Å². The molecule has 1 aromatic heterocycles. The van der Waals surface area contributed by atoms with Gasteiger partial charge in [-0.25, -0.2) is 9.97 Å². The molecule has 0 bridgehead atoms. The summed E-state index contributed by atoms with van der Waals surface area (Å²) in [4.78, 5) is 8.91. The maximum atomic E-state index is 5.45. The molecule has 4 nitrogen and oxygen atoms in total. The molecule has 1 heterocycles. The quantitative estimate of drug-likeness (QED) is 0.830. The summed E-state index contributed by atoms with van der Waals surface area (Å²) in [6.07, 6.45) is 5.44. The summed E-state index contributed by atoms with van der Waals surface area (Å²) >= 11 is 0. The molecular formula is C13H22N4. The van der Waals surface area contributed by atoms with Gasteiger partial charge in [-0.1, -0.05) is 13.8 Å². The largest absolute Gasteiger partial charge is 0.353 e. The van der Waals surface area contributed by atoms with E-state index in [4.69, 9.17) is 5.73 Å². The predicted molar refractivity (Wildman–Crippen MR) is 69.9 cm³/mol. The van der Waals surface area contributed by atoms with Gasteiger partial charge in [-0.15, -0.1) is 0 Å². The van der Waals surface area contributed by atoms with Gasteiger partial charge in [0.15, 0.2) is 0 Å². The number of anilines is 1. The lowest BCUT2D eigenvalue weighted by molar-refractivity contribution is 0.339. The van der Waals surface area contributed by atoms with Crippen LogP contribution in [0.25, 0.3) is 0 Å². The summed E-state index contributed by atoms with van der Waals surface area (Å²) in [6, 6.07) is 0. The number of hydrogen-bond donors (Lipinski definition) is 2. The van der Waals surface area contributed by atoms with Crippen molar-refractivity contribution in [3.05, 3.63) is 17.5 Å². The van der Waals surface area contributed by atoms with E-state index in [-0.39, 0.29) is 0 Å². The highest BCUT2D eigenvalue weighted by molar-refractivity contribution is 5.31. The van der Waals surface area contributed by atoms with Crippen LogP contribution in [0.3, 0.4) is 0 Å². The van der Waals surface area contributed by atoms with Crippen molar-refractivity contribution >= 4 is 5.95 Å². The first-order valence-electron chi connectivity index (χ1n) is 6.49. The molecule has 2 rings (SSSR count). The third-order valence-electron chi connectivity index (χ3n) is 3.56. The molecule has 1 atom stereocenters. The van der Waals surface area contributed by atoms with Crippen LogP contribution in [0.15, 0.2) is 6.20 Å². The highest BCUT2D eigenvalue weighted by Crippen LogP contribution is 2.29. The van der Waals surface area contributed by atoms with Crippen LogP contribution in [0.4, 0.5) is 5.95 Å². The lowest BCUT2D eigenvalue weighted by Crippen LogP contribution is -2.21. The van der Waals surface area contributed by atoms with Crippen molar-refractivity contribution in [2.24, 2.45) is 17.6 Å². The summed E-state index contributed by atoms with van der Waals surface area (Å²) < 4.78 is 0. The van der Waals surface area contributed by atoms with Crippen molar-refractivity contribution in [2.75, 3.05) is 18.4 Å². The van der Waals surface area contributed by atoms with Crippen molar-refractivity contribution < 1.29 is 0 Å². The summed E-state index contributed by atoms with van der Waals surface area (Å²) in [6.45, 7) is 5.94. The van der Waals surface area contributed by atoms with Gasteiger partial charge >= 0.3 is 0 Å². The van der Waals surface area contributed by atoms with E-state index in [0.717, 1.165) is 37.2 Å². The summed E-state index contributed by atoms with van der Waals surface area (Å²) in [5, 5.41) is 3.13. The Balaban J connectivity index is 2.08. The zero-order valence-corrected chi connectivity index (χ0v) is 10.7. The number of aromatic nitrogens is 2. The van der Waals surface area contributed by atoms with Crippen LogP contribution >= 0.6 is 0 Å². The first-order chi connectivity index (χ1) is 8.20. The van der Waals surface area contributed by atoms with Gasteiger partial charge in [0.1, 0.15) is 0 Å². The van der Waals surface area contributed by atoms with E-state index < -0.39 is 0 Å². The van der Waals surface area contributed by atoms with Gasteiger partial charge in [0.05, 0.1) is 0 Å². The second-order valence-electron chi connectivity index (χ2n) is 5.13. The third-order valence-corrected chi connectivity index (χ3v) is 3.56. The Hall–Kier alpha value is -1.16. The van der Waals surface area contributed by atoms with Crippen LogP contribution < -0.4 is 11.1 Å². The topological polar surface area (TPSA) is 63.8 Å². The van der Waals surface area contributed by atoms with E-state index in [1.807, 2.05) is 6.20 Å². The monoisotopic (exact) mass is 234 g/mol. The minimum absolute atomic E-state index is 0.607. The fraction of sp³-hybridized carbons (Fsp3) is 0.692. The minimum Gasteiger partial charge on any atom is -0.353 e. The summed E-state index contributed by atoms with van der Waals surface area (Å²) in [7, 11) is 0. The van der Waals surface area contributed by atoms with Crippen molar-refractivity contribution in [1.29, 1.82) is 0 Å². The molecule has 4 heteroatoms. The Morgan fingerprint density at radius 1 is 1.53 bits per heavy atom. The molecule has 1 aromatic rings. The molecule has 0 radical (unpaired) electrons. The Morgan fingerprint density at radius 2 is 2.35 bits per heavy atom. The number of fused-ring (bicyclic) bond motifs is 1. The van der Waals surface area contributed by atoms with E-state index >= 15 is 0 Å². The SMILES string of the molecule is CC(C)C1CCc2nc(NCCN)ncc2C1. The second-order valence-corrected chi connectivity index (χ2v) is 5.13. The number of nitrogens with one attached hydrogen (secondary N) is 1. The normalized spacial score (nSPS) is 19.2. The first kappa shape index (κ1) is 12.3. The molecule has 0 aromatic carbocycles. The van der Waals surface area contributed by atoms with Crippen molar-refractivity contribution in [2.45, 2.75) is 33.1 Å². The van der Waals surface area contributed by atoms with E-state index in [2.05, 4.69) is 29.1 Å². The van der Waals surface area contributed by atoms with Crippen LogP contribution in [0.2, 0.25) is 0 Å². The molecule has 0 spiro atoms. The fourth-order valence-electron chi connectivity index (χ4n) is 2.37. The smallest absolute Gasteiger partial charge is 0.222 e. The maximum Gasteiger partial charge on any atom is 0.222 e. The summed E-state index contributed by atoms with van der Waals surface area (Å²) in [5.41, 5.74) is 7.99. The van der Waals surface area contributed by atoms with E-state index in [9.17, 15) is 0 Å². The zero-order valence-electron chi connectivity index (χ0n) is 10.7. The van der Waals surface area contributed by atoms with Gasteiger partial charge in [-0.2, -0.15) is 0 Å². The third kappa shape index (κ3) is 2.94. The lowest BCUT2D eigenvalue weighted by Gasteiger charge is -2.26. The van der Waals surface area contributed by atoms with E-state index in [0.29, 0.717) is 6.54 Å². The average molecular weight is 234 g/mol. The minimum atomic E-state index is 0.607. The highest BCUT2D eigenvalue weighted by atomic mass is 15.1. The molecule has 1 unspecified atom stereocenters. The van der Waals surface area contributed by atoms with Crippen LogP contribution in [-0.4, -0.2) is 23.1 Å². The predicted octanol–water partition coefficient (Wildman–Crippen LogP) is 1.61. The molecule has 94 valence electrons. The lowest BCUT2D eigenvalue weighted by atomic mass is 9.80. The molecule has 0 saturated heterocycles. The average Bonchev–Trinajstić information content (AvgIpc) is 2.35. The molecule has 0 saturated carbocycles. The van der Waals surface area contributed by atoms with Gasteiger partial charge < -0.3 is 11.1 Å². The number of aryl methyl sites for hydroxylation is 1. The van der Waals surface area contributed by atoms with Gasteiger partial charge in [-0.05, 0) is 36.7 Å². The van der Waals surface area contributed by atoms with Crippen molar-refractivity contribution in [3.63, 3.8) is 0 Å². The molecule has 17 heavy (non-hydrogen) atoms. The van der Waals surface area contributed by atoms with Crippen LogP contribution in [0.5, 0.6) is 0 Å². The highest BCUT2D eigenvalue weighted by Gasteiger charge is 2.22. The number of hydrogen-bond acceptors (Lipinski definition) is 4. The fourth-order valence-corrected chi connectivity index (χ4v) is 2.37. The second kappa shape index (κ2) is 5.45.